The molecule has 1 saturated heterocycles. The normalized spacial score (nSPS) is 22.1. The maximum Gasteiger partial charge on any atom is 0.263 e. The van der Waals surface area contributed by atoms with Gasteiger partial charge in [-0.05, 0) is 37.0 Å². The Kier molecular flexibility index (Phi) is 5.40. The molecular weight excluding hydrogens is 386 g/mol. The topological polar surface area (TPSA) is 62.1 Å². The number of hydrogen-bond donors (Lipinski definition) is 1. The Hall–Kier alpha value is -1.96. The van der Waals surface area contributed by atoms with Gasteiger partial charge >= 0.3 is 0 Å². The molecule has 0 saturated carbocycles. The summed E-state index contributed by atoms with van der Waals surface area (Å²) in [5.41, 5.74) is 1.45. The standard InChI is InChI=1S/C22H29N3O3S/c1-4-24(5-2)29(27,28)20-10-9-19-21-17(20)7-6-8-18(21)22(26)25(19)15-23-13-11-16(3)12-14-23/h6-10,16H,4-5,11-15H2,1-3H3/p+1. The van der Waals surface area contributed by atoms with Crippen LogP contribution in [-0.2, 0) is 10.0 Å². The first-order valence-electron chi connectivity index (χ1n) is 10.6. The number of nitrogens with zero attached hydrogens (tertiary/aromatic N) is 2. The van der Waals surface area contributed by atoms with Crippen LogP contribution < -0.4 is 9.80 Å². The number of sulfonamides is 1. The van der Waals surface area contributed by atoms with Gasteiger partial charge < -0.3 is 4.90 Å². The van der Waals surface area contributed by atoms with Crippen molar-refractivity contribution in [2.75, 3.05) is 37.7 Å². The molecule has 0 aromatic heterocycles. The van der Waals surface area contributed by atoms with E-state index in [-0.39, 0.29) is 10.8 Å². The summed E-state index contributed by atoms with van der Waals surface area (Å²) in [5.74, 6) is 0.732. The second-order valence-corrected chi connectivity index (χ2v) is 10.1. The average Bonchev–Trinajstić information content (AvgIpc) is 2.98. The molecule has 1 fully saturated rings. The Balaban J connectivity index is 1.76. The van der Waals surface area contributed by atoms with Gasteiger partial charge in [0, 0.05) is 23.9 Å². The van der Waals surface area contributed by atoms with Crippen LogP contribution in [0.3, 0.4) is 0 Å². The Morgan fingerprint density at radius 3 is 2.45 bits per heavy atom. The van der Waals surface area contributed by atoms with Crippen molar-refractivity contribution < 1.29 is 18.1 Å². The molecule has 0 aliphatic carbocycles. The van der Waals surface area contributed by atoms with Gasteiger partial charge in [-0.25, -0.2) is 8.42 Å². The molecule has 0 radical (unpaired) electrons. The van der Waals surface area contributed by atoms with Crippen molar-refractivity contribution in [3.05, 3.63) is 35.9 Å². The van der Waals surface area contributed by atoms with E-state index in [1.807, 2.05) is 36.9 Å². The van der Waals surface area contributed by atoms with Crippen LogP contribution in [0.2, 0.25) is 0 Å². The molecule has 2 aromatic carbocycles. The van der Waals surface area contributed by atoms with Crippen molar-refractivity contribution in [3.63, 3.8) is 0 Å². The van der Waals surface area contributed by atoms with E-state index in [1.165, 1.54) is 22.0 Å². The molecule has 0 unspecified atom stereocenters. The Labute approximate surface area is 173 Å². The predicted molar refractivity (Wildman–Crippen MR) is 115 cm³/mol. The largest absolute Gasteiger partial charge is 0.317 e. The molecule has 7 heteroatoms. The van der Waals surface area contributed by atoms with Crippen molar-refractivity contribution in [3.8, 4) is 0 Å². The lowest BCUT2D eigenvalue weighted by atomic mass is 10.00. The molecule has 4 rings (SSSR count). The van der Waals surface area contributed by atoms with Crippen LogP contribution >= 0.6 is 0 Å². The summed E-state index contributed by atoms with van der Waals surface area (Å²) < 4.78 is 27.8. The number of rotatable bonds is 6. The lowest BCUT2D eigenvalue weighted by molar-refractivity contribution is -0.904. The van der Waals surface area contributed by atoms with E-state index in [0.29, 0.717) is 30.7 Å². The summed E-state index contributed by atoms with van der Waals surface area (Å²) >= 11 is 0. The number of benzene rings is 2. The maximum absolute atomic E-state index is 13.2. The van der Waals surface area contributed by atoms with Crippen LogP contribution in [0.5, 0.6) is 0 Å². The van der Waals surface area contributed by atoms with Crippen LogP contribution in [0, 0.1) is 5.92 Å². The van der Waals surface area contributed by atoms with Crippen LogP contribution in [0.25, 0.3) is 10.8 Å². The Morgan fingerprint density at radius 1 is 1.10 bits per heavy atom. The Morgan fingerprint density at radius 2 is 1.79 bits per heavy atom. The molecule has 2 heterocycles. The number of amides is 1. The van der Waals surface area contributed by atoms with Gasteiger partial charge in [-0.2, -0.15) is 4.31 Å². The fourth-order valence-electron chi connectivity index (χ4n) is 4.66. The second-order valence-electron chi connectivity index (χ2n) is 8.22. The molecule has 156 valence electrons. The van der Waals surface area contributed by atoms with Gasteiger partial charge in [0.1, 0.15) is 0 Å². The summed E-state index contributed by atoms with van der Waals surface area (Å²) in [6.45, 7) is 9.58. The molecule has 6 nitrogen and oxygen atoms in total. The van der Waals surface area contributed by atoms with Crippen LogP contribution in [0.15, 0.2) is 35.2 Å². The van der Waals surface area contributed by atoms with Crippen molar-refractivity contribution in [1.29, 1.82) is 0 Å². The van der Waals surface area contributed by atoms with Gasteiger partial charge in [0.2, 0.25) is 10.0 Å². The van der Waals surface area contributed by atoms with Crippen molar-refractivity contribution in [1.82, 2.24) is 4.31 Å². The van der Waals surface area contributed by atoms with Gasteiger partial charge in [0.15, 0.2) is 6.67 Å². The minimum Gasteiger partial charge on any atom is -0.317 e. The maximum atomic E-state index is 13.2. The highest BCUT2D eigenvalue weighted by Gasteiger charge is 2.35. The first-order valence-corrected chi connectivity index (χ1v) is 12.0. The number of nitrogens with one attached hydrogen (secondary N) is 1. The van der Waals surface area contributed by atoms with Crippen molar-refractivity contribution in [2.45, 2.75) is 38.5 Å². The Bertz CT molecular complexity index is 1040. The lowest BCUT2D eigenvalue weighted by Crippen LogP contribution is -3.14. The summed E-state index contributed by atoms with van der Waals surface area (Å²) in [6.07, 6.45) is 2.36. The van der Waals surface area contributed by atoms with E-state index >= 15 is 0 Å². The lowest BCUT2D eigenvalue weighted by Gasteiger charge is -2.30. The van der Waals surface area contributed by atoms with E-state index in [1.54, 1.807) is 12.1 Å². The summed E-state index contributed by atoms with van der Waals surface area (Å²) in [7, 11) is -3.60. The third-order valence-corrected chi connectivity index (χ3v) is 8.54. The van der Waals surface area contributed by atoms with E-state index in [2.05, 4.69) is 6.92 Å². The van der Waals surface area contributed by atoms with Gasteiger partial charge in [0.05, 0.1) is 29.2 Å². The molecule has 0 bridgehead atoms. The first kappa shape index (κ1) is 20.3. The highest BCUT2D eigenvalue weighted by atomic mass is 32.2. The molecule has 0 spiro atoms. The van der Waals surface area contributed by atoms with Gasteiger partial charge in [-0.1, -0.05) is 32.9 Å². The number of quaternary nitrogens is 1. The minimum atomic E-state index is -3.60. The molecular formula is C22H30N3O3S+. The van der Waals surface area contributed by atoms with Crippen molar-refractivity contribution in [2.24, 2.45) is 5.92 Å². The molecule has 1 amide bonds. The molecule has 2 aliphatic heterocycles. The third-order valence-electron chi connectivity index (χ3n) is 6.43. The smallest absolute Gasteiger partial charge is 0.263 e. The molecule has 1 N–H and O–H groups in total. The molecule has 2 aliphatic rings. The summed E-state index contributed by atoms with van der Waals surface area (Å²) in [5, 5.41) is 1.42. The SMILES string of the molecule is CCN(CC)S(=O)(=O)c1ccc2c3c(cccc13)C(=O)N2C[NH+]1CCC(C)CC1. The van der Waals surface area contributed by atoms with E-state index in [9.17, 15) is 13.2 Å². The number of anilines is 1. The molecule has 0 atom stereocenters. The monoisotopic (exact) mass is 416 g/mol. The minimum absolute atomic E-state index is 0.0193. The van der Waals surface area contributed by atoms with Gasteiger partial charge in [-0.15, -0.1) is 0 Å². The number of carbonyl (C=O) groups excluding carboxylic acids is 1. The van der Waals surface area contributed by atoms with E-state index in [4.69, 9.17) is 0 Å². The third kappa shape index (κ3) is 3.35. The highest BCUT2D eigenvalue weighted by Crippen LogP contribution is 2.40. The van der Waals surface area contributed by atoms with Crippen LogP contribution in [0.1, 0.15) is 44.0 Å². The second kappa shape index (κ2) is 7.70. The number of hydrogen-bond acceptors (Lipinski definition) is 3. The fraction of sp³-hybridized carbons (Fsp3) is 0.500. The zero-order valence-electron chi connectivity index (χ0n) is 17.4. The van der Waals surface area contributed by atoms with Crippen LogP contribution in [0.4, 0.5) is 5.69 Å². The number of carbonyl (C=O) groups is 1. The zero-order chi connectivity index (χ0) is 20.8. The first-order chi connectivity index (χ1) is 13.9. The summed E-state index contributed by atoms with van der Waals surface area (Å²) in [4.78, 5) is 16.7. The number of likely N-dealkylation sites (tertiary alicyclic amines) is 1. The zero-order valence-corrected chi connectivity index (χ0v) is 18.3. The van der Waals surface area contributed by atoms with E-state index < -0.39 is 10.0 Å². The van der Waals surface area contributed by atoms with Gasteiger partial charge in [0.25, 0.3) is 5.91 Å². The van der Waals surface area contributed by atoms with Gasteiger partial charge in [-0.3, -0.25) is 9.69 Å². The molecule has 29 heavy (non-hydrogen) atoms. The molecule has 2 aromatic rings. The average molecular weight is 417 g/mol. The fourth-order valence-corrected chi connectivity index (χ4v) is 6.30. The van der Waals surface area contributed by atoms with E-state index in [0.717, 1.165) is 30.1 Å². The summed E-state index contributed by atoms with van der Waals surface area (Å²) in [6, 6.07) is 8.92. The quantitative estimate of drug-likeness (QED) is 0.785. The highest BCUT2D eigenvalue weighted by molar-refractivity contribution is 7.89. The van der Waals surface area contributed by atoms with Crippen LogP contribution in [-0.4, -0.2) is 51.5 Å². The number of piperidine rings is 1. The predicted octanol–water partition coefficient (Wildman–Crippen LogP) is 2.10. The van der Waals surface area contributed by atoms with Crippen molar-refractivity contribution >= 4 is 32.4 Å².